The third-order valence-corrected chi connectivity index (χ3v) is 4.76. The summed E-state index contributed by atoms with van der Waals surface area (Å²) in [5.41, 5.74) is 3.61. The number of nitrogens with one attached hydrogen (secondary N) is 1. The zero-order valence-electron chi connectivity index (χ0n) is 17.3. The maximum absolute atomic E-state index is 5.97. The number of aryl methyl sites for hydroxylation is 1. The minimum Gasteiger partial charge on any atom is -0.493 e. The van der Waals surface area contributed by atoms with Gasteiger partial charge in [-0.3, -0.25) is 0 Å². The second-order valence-corrected chi connectivity index (χ2v) is 6.82. The molecule has 2 aromatic carbocycles. The molecule has 0 spiro atoms. The molecule has 0 fully saturated rings. The number of ether oxygens (including phenoxy) is 2. The standard InChI is InChI=1S/C23H34N2O2/c1-5-25(6-2)14-8-13-24-17-20-11-12-22(23(16-20)26-4)27-18-21-10-7-9-19(3)15-21/h7,9-12,15-16,24H,5-6,8,13-14,17-18H2,1-4H3. The van der Waals surface area contributed by atoms with Crippen LogP contribution in [-0.4, -0.2) is 38.2 Å². The fraction of sp³-hybridized carbons (Fsp3) is 0.478. The van der Waals surface area contributed by atoms with Gasteiger partial charge in [0.15, 0.2) is 11.5 Å². The quantitative estimate of drug-likeness (QED) is 0.561. The van der Waals surface area contributed by atoms with Gasteiger partial charge >= 0.3 is 0 Å². The summed E-state index contributed by atoms with van der Waals surface area (Å²) in [6.07, 6.45) is 1.16. The first-order valence-corrected chi connectivity index (χ1v) is 9.94. The molecule has 0 saturated carbocycles. The largest absolute Gasteiger partial charge is 0.493 e. The summed E-state index contributed by atoms with van der Waals surface area (Å²) in [6, 6.07) is 14.5. The predicted octanol–water partition coefficient (Wildman–Crippen LogP) is 4.40. The normalized spacial score (nSPS) is 11.0. The molecule has 0 amide bonds. The molecule has 0 radical (unpaired) electrons. The van der Waals surface area contributed by atoms with Crippen LogP contribution in [0.25, 0.3) is 0 Å². The molecule has 0 aliphatic heterocycles. The Kier molecular flexibility index (Phi) is 9.16. The number of hydrogen-bond acceptors (Lipinski definition) is 4. The van der Waals surface area contributed by atoms with E-state index in [4.69, 9.17) is 9.47 Å². The lowest BCUT2D eigenvalue weighted by Crippen LogP contribution is -2.27. The van der Waals surface area contributed by atoms with Crippen molar-refractivity contribution >= 4 is 0 Å². The first-order valence-electron chi connectivity index (χ1n) is 9.94. The van der Waals surface area contributed by atoms with Crippen molar-refractivity contribution in [2.75, 3.05) is 33.3 Å². The second kappa shape index (κ2) is 11.6. The van der Waals surface area contributed by atoms with Crippen molar-refractivity contribution in [3.05, 3.63) is 59.2 Å². The van der Waals surface area contributed by atoms with Crippen LogP contribution in [0.2, 0.25) is 0 Å². The van der Waals surface area contributed by atoms with Crippen LogP contribution in [-0.2, 0) is 13.2 Å². The molecule has 0 aromatic heterocycles. The van der Waals surface area contributed by atoms with Crippen molar-refractivity contribution in [2.24, 2.45) is 0 Å². The third kappa shape index (κ3) is 7.24. The molecule has 0 unspecified atom stereocenters. The molecule has 1 N–H and O–H groups in total. The van der Waals surface area contributed by atoms with Gasteiger partial charge in [-0.2, -0.15) is 0 Å². The van der Waals surface area contributed by atoms with E-state index >= 15 is 0 Å². The van der Waals surface area contributed by atoms with Crippen molar-refractivity contribution in [2.45, 2.75) is 40.3 Å². The van der Waals surface area contributed by atoms with E-state index in [1.54, 1.807) is 7.11 Å². The smallest absolute Gasteiger partial charge is 0.161 e. The van der Waals surface area contributed by atoms with Crippen molar-refractivity contribution in [1.29, 1.82) is 0 Å². The highest BCUT2D eigenvalue weighted by Crippen LogP contribution is 2.29. The highest BCUT2D eigenvalue weighted by atomic mass is 16.5. The van der Waals surface area contributed by atoms with E-state index in [0.29, 0.717) is 6.61 Å². The number of rotatable bonds is 12. The van der Waals surface area contributed by atoms with Crippen molar-refractivity contribution in [1.82, 2.24) is 10.2 Å². The zero-order valence-corrected chi connectivity index (χ0v) is 17.3. The molecule has 0 atom stereocenters. The molecule has 4 heteroatoms. The highest BCUT2D eigenvalue weighted by molar-refractivity contribution is 5.43. The lowest BCUT2D eigenvalue weighted by molar-refractivity contribution is 0.284. The summed E-state index contributed by atoms with van der Waals surface area (Å²) < 4.78 is 11.5. The molecule has 0 saturated heterocycles. The average Bonchev–Trinajstić information content (AvgIpc) is 2.69. The monoisotopic (exact) mass is 370 g/mol. The van der Waals surface area contributed by atoms with E-state index in [-0.39, 0.29) is 0 Å². The Balaban J connectivity index is 1.82. The van der Waals surface area contributed by atoms with E-state index in [1.807, 2.05) is 6.07 Å². The highest BCUT2D eigenvalue weighted by Gasteiger charge is 2.07. The van der Waals surface area contributed by atoms with Crippen LogP contribution in [0.1, 0.15) is 37.0 Å². The van der Waals surface area contributed by atoms with E-state index in [1.165, 1.54) is 11.1 Å². The molecule has 0 aliphatic rings. The van der Waals surface area contributed by atoms with Crippen LogP contribution in [0, 0.1) is 6.92 Å². The SMILES string of the molecule is CCN(CC)CCCNCc1ccc(OCc2cccc(C)c2)c(OC)c1. The Labute approximate surface area is 164 Å². The van der Waals surface area contributed by atoms with Crippen LogP contribution < -0.4 is 14.8 Å². The molecule has 2 aromatic rings. The molecular formula is C23H34N2O2. The summed E-state index contributed by atoms with van der Waals surface area (Å²) in [5, 5.41) is 3.52. The molecular weight excluding hydrogens is 336 g/mol. The van der Waals surface area contributed by atoms with Gasteiger partial charge < -0.3 is 19.7 Å². The molecule has 148 valence electrons. The lowest BCUT2D eigenvalue weighted by atomic mass is 10.1. The van der Waals surface area contributed by atoms with Crippen LogP contribution in [0.5, 0.6) is 11.5 Å². The molecule has 0 heterocycles. The summed E-state index contributed by atoms with van der Waals surface area (Å²) in [5.74, 6) is 1.56. The van der Waals surface area contributed by atoms with Gasteiger partial charge in [-0.25, -0.2) is 0 Å². The molecule has 0 bridgehead atoms. The van der Waals surface area contributed by atoms with Crippen LogP contribution in [0.3, 0.4) is 0 Å². The van der Waals surface area contributed by atoms with E-state index in [9.17, 15) is 0 Å². The summed E-state index contributed by atoms with van der Waals surface area (Å²) in [7, 11) is 1.69. The van der Waals surface area contributed by atoms with E-state index < -0.39 is 0 Å². The number of hydrogen-bond donors (Lipinski definition) is 1. The second-order valence-electron chi connectivity index (χ2n) is 6.82. The predicted molar refractivity (Wildman–Crippen MR) is 113 cm³/mol. The van der Waals surface area contributed by atoms with Gasteiger partial charge in [-0.1, -0.05) is 49.7 Å². The van der Waals surface area contributed by atoms with Crippen molar-refractivity contribution in [3.63, 3.8) is 0 Å². The van der Waals surface area contributed by atoms with E-state index in [2.05, 4.69) is 67.4 Å². The van der Waals surface area contributed by atoms with Gasteiger partial charge in [0, 0.05) is 6.54 Å². The summed E-state index contributed by atoms with van der Waals surface area (Å²) in [4.78, 5) is 2.45. The fourth-order valence-corrected chi connectivity index (χ4v) is 3.10. The van der Waals surface area contributed by atoms with Gasteiger partial charge in [-0.15, -0.1) is 0 Å². The Morgan fingerprint density at radius 3 is 2.48 bits per heavy atom. The maximum atomic E-state index is 5.97. The molecule has 2 rings (SSSR count). The van der Waals surface area contributed by atoms with Crippen LogP contribution >= 0.6 is 0 Å². The lowest BCUT2D eigenvalue weighted by Gasteiger charge is -2.17. The Morgan fingerprint density at radius 1 is 0.963 bits per heavy atom. The van der Waals surface area contributed by atoms with Gasteiger partial charge in [0.2, 0.25) is 0 Å². The van der Waals surface area contributed by atoms with Gasteiger partial charge in [0.05, 0.1) is 7.11 Å². The molecule has 4 nitrogen and oxygen atoms in total. The van der Waals surface area contributed by atoms with E-state index in [0.717, 1.165) is 56.2 Å². The molecule has 27 heavy (non-hydrogen) atoms. The topological polar surface area (TPSA) is 33.7 Å². The van der Waals surface area contributed by atoms with Crippen molar-refractivity contribution < 1.29 is 9.47 Å². The van der Waals surface area contributed by atoms with Gasteiger partial charge in [0.1, 0.15) is 6.61 Å². The third-order valence-electron chi connectivity index (χ3n) is 4.76. The first-order chi connectivity index (χ1) is 13.2. The minimum atomic E-state index is 0.543. The Hall–Kier alpha value is -2.04. The number of benzene rings is 2. The molecule has 0 aliphatic carbocycles. The Morgan fingerprint density at radius 2 is 1.78 bits per heavy atom. The average molecular weight is 371 g/mol. The number of methoxy groups -OCH3 is 1. The van der Waals surface area contributed by atoms with Crippen LogP contribution in [0.4, 0.5) is 0 Å². The fourth-order valence-electron chi connectivity index (χ4n) is 3.10. The summed E-state index contributed by atoms with van der Waals surface area (Å²) in [6.45, 7) is 12.3. The van der Waals surface area contributed by atoms with Crippen LogP contribution in [0.15, 0.2) is 42.5 Å². The minimum absolute atomic E-state index is 0.543. The van der Waals surface area contributed by atoms with Crippen molar-refractivity contribution in [3.8, 4) is 11.5 Å². The maximum Gasteiger partial charge on any atom is 0.161 e. The summed E-state index contributed by atoms with van der Waals surface area (Å²) >= 11 is 0. The first kappa shape index (κ1) is 21.3. The Bertz CT molecular complexity index is 684. The number of nitrogens with zero attached hydrogens (tertiary/aromatic N) is 1. The van der Waals surface area contributed by atoms with Gasteiger partial charge in [0.25, 0.3) is 0 Å². The zero-order chi connectivity index (χ0) is 19.5. The van der Waals surface area contributed by atoms with Gasteiger partial charge in [-0.05, 0) is 62.8 Å².